The average molecular weight is 788 g/mol. The van der Waals surface area contributed by atoms with Gasteiger partial charge in [0.25, 0.3) is 8.53 Å². The zero-order chi connectivity index (χ0) is 40.3. The fourth-order valence-electron chi connectivity index (χ4n) is 6.38. The Balaban J connectivity index is 1.93. The van der Waals surface area contributed by atoms with Crippen LogP contribution in [0.3, 0.4) is 0 Å². The molecule has 0 saturated carbocycles. The van der Waals surface area contributed by atoms with E-state index in [0.717, 1.165) is 53.9 Å². The van der Waals surface area contributed by atoms with Crippen molar-refractivity contribution in [2.24, 2.45) is 0 Å². The second kappa shape index (κ2) is 23.4. The van der Waals surface area contributed by atoms with Crippen LogP contribution in [-0.4, -0.2) is 75.5 Å². The Labute approximate surface area is 326 Å². The molecule has 0 saturated heterocycles. The maximum Gasteiger partial charge on any atom is 0.471 e. The molecule has 0 radical (unpaired) electrons. The van der Waals surface area contributed by atoms with Crippen LogP contribution in [0.15, 0.2) is 78.9 Å². The Morgan fingerprint density at radius 3 is 1.78 bits per heavy atom. The molecule has 1 amide bonds. The molecule has 3 aromatic carbocycles. The lowest BCUT2D eigenvalue weighted by atomic mass is 9.80. The molecule has 0 heterocycles. The minimum Gasteiger partial charge on any atom is -0.497 e. The van der Waals surface area contributed by atoms with Crippen molar-refractivity contribution in [1.29, 1.82) is 0 Å². The lowest BCUT2D eigenvalue weighted by Crippen LogP contribution is -2.38. The SMILES string of the molecule is [C-]#[N+]CCOP(OC(CCCCCCCCNC(=O)C(F)(F)F)COC(c1ccccc1)(c1ccc(OC)cc1)c1ccc(OC)cc1)N(C(C)C)C(C)C. The van der Waals surface area contributed by atoms with E-state index in [-0.39, 0.29) is 38.4 Å². The van der Waals surface area contributed by atoms with Crippen LogP contribution >= 0.6 is 8.53 Å². The number of carbonyl (C=O) groups is 1. The van der Waals surface area contributed by atoms with Crippen molar-refractivity contribution < 1.29 is 41.2 Å². The Kier molecular flexibility index (Phi) is 19.4. The first-order valence-corrected chi connectivity index (χ1v) is 20.0. The summed E-state index contributed by atoms with van der Waals surface area (Å²) in [6.07, 6.45) is -0.00140. The zero-order valence-electron chi connectivity index (χ0n) is 32.9. The van der Waals surface area contributed by atoms with Gasteiger partial charge in [-0.15, -0.1) is 0 Å². The first kappa shape index (κ1) is 45.7. The molecule has 1 N–H and O–H groups in total. The summed E-state index contributed by atoms with van der Waals surface area (Å²) in [5.41, 5.74) is 1.68. The van der Waals surface area contributed by atoms with Gasteiger partial charge in [0, 0.05) is 18.6 Å². The molecule has 13 heteroatoms. The summed E-state index contributed by atoms with van der Waals surface area (Å²) in [5.74, 6) is -0.461. The van der Waals surface area contributed by atoms with Crippen LogP contribution < -0.4 is 14.8 Å². The monoisotopic (exact) mass is 787 g/mol. The molecule has 0 aliphatic rings. The molecular weight excluding hydrogens is 730 g/mol. The molecule has 55 heavy (non-hydrogen) atoms. The zero-order valence-corrected chi connectivity index (χ0v) is 33.8. The van der Waals surface area contributed by atoms with Crippen molar-refractivity contribution in [2.45, 2.75) is 103 Å². The van der Waals surface area contributed by atoms with Gasteiger partial charge in [-0.3, -0.25) is 4.79 Å². The summed E-state index contributed by atoms with van der Waals surface area (Å²) in [6, 6.07) is 26.0. The highest BCUT2D eigenvalue weighted by Crippen LogP contribution is 2.48. The number of nitrogens with one attached hydrogen (secondary N) is 1. The van der Waals surface area contributed by atoms with Gasteiger partial charge in [0.05, 0.1) is 26.9 Å². The number of benzene rings is 3. The van der Waals surface area contributed by atoms with Gasteiger partial charge in [0.1, 0.15) is 23.7 Å². The molecule has 3 rings (SSSR count). The molecule has 302 valence electrons. The smallest absolute Gasteiger partial charge is 0.471 e. The van der Waals surface area contributed by atoms with E-state index in [9.17, 15) is 18.0 Å². The van der Waals surface area contributed by atoms with Gasteiger partial charge < -0.3 is 33.4 Å². The van der Waals surface area contributed by atoms with Gasteiger partial charge >= 0.3 is 12.1 Å². The van der Waals surface area contributed by atoms with E-state index in [1.165, 1.54) is 0 Å². The molecule has 2 atom stereocenters. The highest BCUT2D eigenvalue weighted by molar-refractivity contribution is 7.44. The molecule has 3 aromatic rings. The quantitative estimate of drug-likeness (QED) is 0.0396. The predicted octanol–water partition coefficient (Wildman–Crippen LogP) is 10.1. The first-order chi connectivity index (χ1) is 26.4. The van der Waals surface area contributed by atoms with Crippen molar-refractivity contribution in [3.8, 4) is 11.5 Å². The van der Waals surface area contributed by atoms with E-state index in [1.54, 1.807) is 14.2 Å². The Morgan fingerprint density at radius 1 is 0.782 bits per heavy atom. The summed E-state index contributed by atoms with van der Waals surface area (Å²) < 4.78 is 71.2. The number of hydrogen-bond acceptors (Lipinski definition) is 7. The molecule has 9 nitrogen and oxygen atoms in total. The lowest BCUT2D eigenvalue weighted by Gasteiger charge is -2.39. The summed E-state index contributed by atoms with van der Waals surface area (Å²) in [4.78, 5) is 14.6. The van der Waals surface area contributed by atoms with Crippen molar-refractivity contribution in [3.05, 3.63) is 107 Å². The summed E-state index contributed by atoms with van der Waals surface area (Å²) in [5, 5.41) is 1.94. The number of unbranched alkanes of at least 4 members (excludes halogenated alkanes) is 5. The van der Waals surface area contributed by atoms with E-state index in [2.05, 4.69) is 49.3 Å². The highest BCUT2D eigenvalue weighted by Gasteiger charge is 2.40. The van der Waals surface area contributed by atoms with Gasteiger partial charge in [0.2, 0.25) is 6.54 Å². The highest BCUT2D eigenvalue weighted by atomic mass is 31.2. The number of carbonyl (C=O) groups excluding carboxylic acids is 1. The van der Waals surface area contributed by atoms with Crippen molar-refractivity contribution in [1.82, 2.24) is 9.99 Å². The van der Waals surface area contributed by atoms with Crippen LogP contribution in [0.5, 0.6) is 11.5 Å². The van der Waals surface area contributed by atoms with E-state index in [0.29, 0.717) is 19.3 Å². The standard InChI is InChI=1S/C42H57F3N3O6P/c1-32(2)48(33(3)4)55(53-30-29-46-5)54-39(19-15-10-8-9-11-16-28-47-40(49)42(43,44)45)31-52-41(34-17-13-12-14-18-34,35-20-24-37(50-6)25-21-35)36-22-26-38(51-7)27-23-36/h12-14,17-18,20-27,32-33,39H,8-11,15-16,19,28-31H2,1-4,6-7H3,(H,47,49). The number of methoxy groups -OCH3 is 2. The average Bonchev–Trinajstić information content (AvgIpc) is 3.17. The maximum atomic E-state index is 12.5. The fraction of sp³-hybridized carbons (Fsp3) is 0.524. The molecule has 2 unspecified atom stereocenters. The van der Waals surface area contributed by atoms with E-state index < -0.39 is 32.3 Å². The third-order valence-electron chi connectivity index (χ3n) is 9.05. The molecule has 0 spiro atoms. The number of ether oxygens (including phenoxy) is 3. The van der Waals surface area contributed by atoms with E-state index in [4.69, 9.17) is 29.8 Å². The number of alkyl halides is 3. The van der Waals surface area contributed by atoms with Crippen LogP contribution in [0.1, 0.15) is 89.3 Å². The third-order valence-corrected chi connectivity index (χ3v) is 11.2. The molecular formula is C42H57F3N3O6P. The summed E-state index contributed by atoms with van der Waals surface area (Å²) >= 11 is 0. The Hall–Kier alpha value is -3.72. The fourth-order valence-corrected chi connectivity index (χ4v) is 8.10. The molecule has 0 aliphatic heterocycles. The van der Waals surface area contributed by atoms with Gasteiger partial charge in [-0.2, -0.15) is 13.2 Å². The van der Waals surface area contributed by atoms with E-state index >= 15 is 0 Å². The summed E-state index contributed by atoms with van der Waals surface area (Å²) in [7, 11) is 1.71. The number of nitrogens with zero attached hydrogens (tertiary/aromatic N) is 2. The minimum absolute atomic E-state index is 0.00357. The number of hydrogen-bond donors (Lipinski definition) is 1. The van der Waals surface area contributed by atoms with Crippen LogP contribution in [-0.2, 0) is 24.2 Å². The van der Waals surface area contributed by atoms with Crippen molar-refractivity contribution in [2.75, 3.05) is 40.5 Å². The predicted molar refractivity (Wildman–Crippen MR) is 211 cm³/mol. The van der Waals surface area contributed by atoms with Gasteiger partial charge in [0.15, 0.2) is 0 Å². The van der Waals surface area contributed by atoms with Gasteiger partial charge in [-0.1, -0.05) is 86.7 Å². The van der Waals surface area contributed by atoms with Crippen LogP contribution in [0.25, 0.3) is 4.85 Å². The topological polar surface area (TPSA) is 82.9 Å². The molecule has 0 fully saturated rings. The number of amides is 1. The normalized spacial score (nSPS) is 13.1. The lowest BCUT2D eigenvalue weighted by molar-refractivity contribution is -0.173. The Morgan fingerprint density at radius 2 is 1.29 bits per heavy atom. The third kappa shape index (κ3) is 14.1. The molecule has 0 aliphatic carbocycles. The largest absolute Gasteiger partial charge is 0.497 e. The Bertz CT molecular complexity index is 1520. The van der Waals surface area contributed by atoms with Gasteiger partial charge in [-0.25, -0.2) is 11.2 Å². The minimum atomic E-state index is -4.87. The van der Waals surface area contributed by atoms with Crippen molar-refractivity contribution in [3.63, 3.8) is 0 Å². The molecule has 0 aromatic heterocycles. The van der Waals surface area contributed by atoms with Crippen LogP contribution in [0.2, 0.25) is 0 Å². The number of halogens is 3. The van der Waals surface area contributed by atoms with Crippen molar-refractivity contribution >= 4 is 14.4 Å². The second-order valence-corrected chi connectivity index (χ2v) is 15.1. The molecule has 0 bridgehead atoms. The van der Waals surface area contributed by atoms with E-state index in [1.807, 2.05) is 72.0 Å². The maximum absolute atomic E-state index is 12.5. The number of rotatable bonds is 25. The first-order valence-electron chi connectivity index (χ1n) is 18.9. The van der Waals surface area contributed by atoms with Gasteiger partial charge in [-0.05, 0) is 81.5 Å². The second-order valence-electron chi connectivity index (χ2n) is 13.7. The van der Waals surface area contributed by atoms with Crippen LogP contribution in [0, 0.1) is 6.57 Å². The summed E-state index contributed by atoms with van der Waals surface area (Å²) in [6.45, 7) is 16.4. The van der Waals surface area contributed by atoms with Crippen LogP contribution in [0.4, 0.5) is 13.2 Å².